The van der Waals surface area contributed by atoms with Crippen molar-refractivity contribution in [3.8, 4) is 0 Å². The van der Waals surface area contributed by atoms with Crippen LogP contribution in [0.4, 0.5) is 0 Å². The summed E-state index contributed by atoms with van der Waals surface area (Å²) in [6, 6.07) is 8.47. The summed E-state index contributed by atoms with van der Waals surface area (Å²) >= 11 is 0. The van der Waals surface area contributed by atoms with Gasteiger partial charge in [-0.15, -0.1) is 0 Å². The van der Waals surface area contributed by atoms with Crippen molar-refractivity contribution in [2.24, 2.45) is 0 Å². The Balaban J connectivity index is 0.000000671. The highest BCUT2D eigenvalue weighted by molar-refractivity contribution is 7.91. The van der Waals surface area contributed by atoms with Crippen LogP contribution in [0, 0.1) is 0 Å². The maximum absolute atomic E-state index is 11.2. The lowest BCUT2D eigenvalue weighted by atomic mass is 10.4. The topological polar surface area (TPSA) is 34.1 Å². The minimum atomic E-state index is -3.00. The molecule has 0 fully saturated rings. The Morgan fingerprint density at radius 1 is 1.08 bits per heavy atom. The largest absolute Gasteiger partial charge is 0.224 e. The number of benzene rings is 1. The molecule has 0 aromatic heterocycles. The van der Waals surface area contributed by atoms with Gasteiger partial charge in [0.15, 0.2) is 9.84 Å². The van der Waals surface area contributed by atoms with Crippen molar-refractivity contribution in [1.29, 1.82) is 0 Å². The van der Waals surface area contributed by atoms with Crippen LogP contribution in [0.5, 0.6) is 0 Å². The molecule has 1 aromatic carbocycles. The molecular weight excluding hydrogens is 184 g/mol. The van der Waals surface area contributed by atoms with Crippen LogP contribution in [-0.2, 0) is 9.84 Å². The van der Waals surface area contributed by atoms with Gasteiger partial charge in [0, 0.05) is 0 Å². The molecule has 0 amide bonds. The minimum absolute atomic E-state index is 0.164. The summed E-state index contributed by atoms with van der Waals surface area (Å²) in [6.07, 6.45) is 0. The predicted octanol–water partition coefficient (Wildman–Crippen LogP) is 2.51. The van der Waals surface area contributed by atoms with Crippen LogP contribution in [0.1, 0.15) is 20.8 Å². The molecule has 0 bridgehead atoms. The van der Waals surface area contributed by atoms with Gasteiger partial charge in [0.1, 0.15) is 0 Å². The molecule has 1 aromatic rings. The minimum Gasteiger partial charge on any atom is -0.224 e. The van der Waals surface area contributed by atoms with Crippen molar-refractivity contribution in [3.63, 3.8) is 0 Å². The van der Waals surface area contributed by atoms with E-state index in [9.17, 15) is 8.42 Å². The first-order valence-electron chi connectivity index (χ1n) is 4.44. The highest BCUT2D eigenvalue weighted by Gasteiger charge is 2.08. The molecule has 0 saturated heterocycles. The van der Waals surface area contributed by atoms with Crippen LogP contribution in [0.3, 0.4) is 0 Å². The van der Waals surface area contributed by atoms with E-state index in [4.69, 9.17) is 0 Å². The molecule has 0 spiro atoms. The molecule has 3 heteroatoms. The SMILES string of the molecule is CC.CCS(=O)(=O)c1ccccc1. The first kappa shape index (κ1) is 12.2. The van der Waals surface area contributed by atoms with Crippen molar-refractivity contribution in [2.75, 3.05) is 5.75 Å². The molecule has 0 atom stereocenters. The highest BCUT2D eigenvalue weighted by Crippen LogP contribution is 2.08. The average molecular weight is 200 g/mol. The van der Waals surface area contributed by atoms with E-state index < -0.39 is 9.84 Å². The van der Waals surface area contributed by atoms with E-state index in [0.717, 1.165) is 0 Å². The van der Waals surface area contributed by atoms with E-state index in [1.165, 1.54) is 0 Å². The third kappa shape index (κ3) is 3.59. The van der Waals surface area contributed by atoms with Crippen molar-refractivity contribution in [2.45, 2.75) is 25.7 Å². The summed E-state index contributed by atoms with van der Waals surface area (Å²) in [4.78, 5) is 0.405. The molecule has 0 aliphatic heterocycles. The summed E-state index contributed by atoms with van der Waals surface area (Å²) in [5, 5.41) is 0. The van der Waals surface area contributed by atoms with Gasteiger partial charge in [-0.2, -0.15) is 0 Å². The fourth-order valence-corrected chi connectivity index (χ4v) is 1.70. The fraction of sp³-hybridized carbons (Fsp3) is 0.400. The molecule has 0 radical (unpaired) electrons. The lowest BCUT2D eigenvalue weighted by molar-refractivity contribution is 0.597. The van der Waals surface area contributed by atoms with Crippen LogP contribution < -0.4 is 0 Å². The van der Waals surface area contributed by atoms with Gasteiger partial charge in [-0.3, -0.25) is 0 Å². The maximum atomic E-state index is 11.2. The number of rotatable bonds is 2. The number of hydrogen-bond donors (Lipinski definition) is 0. The van der Waals surface area contributed by atoms with Gasteiger partial charge in [-0.1, -0.05) is 39.0 Å². The number of hydrogen-bond acceptors (Lipinski definition) is 2. The molecule has 0 aliphatic rings. The van der Waals surface area contributed by atoms with Gasteiger partial charge >= 0.3 is 0 Å². The van der Waals surface area contributed by atoms with E-state index >= 15 is 0 Å². The molecule has 0 heterocycles. The van der Waals surface area contributed by atoms with Crippen molar-refractivity contribution in [3.05, 3.63) is 30.3 Å². The monoisotopic (exact) mass is 200 g/mol. The molecular formula is C10H16O2S. The Morgan fingerprint density at radius 2 is 1.54 bits per heavy atom. The lowest BCUT2D eigenvalue weighted by Gasteiger charge is -1.98. The van der Waals surface area contributed by atoms with Crippen LogP contribution in [0.2, 0.25) is 0 Å². The van der Waals surface area contributed by atoms with Crippen LogP contribution in [-0.4, -0.2) is 14.2 Å². The van der Waals surface area contributed by atoms with E-state index in [2.05, 4.69) is 0 Å². The van der Waals surface area contributed by atoms with Crippen LogP contribution in [0.15, 0.2) is 35.2 Å². The zero-order valence-electron chi connectivity index (χ0n) is 8.32. The summed E-state index contributed by atoms with van der Waals surface area (Å²) in [6.45, 7) is 5.64. The van der Waals surface area contributed by atoms with Crippen molar-refractivity contribution >= 4 is 9.84 Å². The normalized spacial score (nSPS) is 10.1. The average Bonchev–Trinajstić information content (AvgIpc) is 2.22. The molecule has 0 aliphatic carbocycles. The van der Waals surface area contributed by atoms with E-state index in [-0.39, 0.29) is 5.75 Å². The summed E-state index contributed by atoms with van der Waals surface area (Å²) in [5.74, 6) is 0.164. The standard InChI is InChI=1S/C8H10O2S.C2H6/c1-2-11(9,10)8-6-4-3-5-7-8;1-2/h3-7H,2H2,1H3;1-2H3. The van der Waals surface area contributed by atoms with Gasteiger partial charge in [0.25, 0.3) is 0 Å². The first-order chi connectivity index (χ1) is 6.17. The maximum Gasteiger partial charge on any atom is 0.178 e. The predicted molar refractivity (Wildman–Crippen MR) is 55.5 cm³/mol. The smallest absolute Gasteiger partial charge is 0.178 e. The molecule has 1 rings (SSSR count). The van der Waals surface area contributed by atoms with Crippen LogP contribution in [0.25, 0.3) is 0 Å². The fourth-order valence-electron chi connectivity index (χ4n) is 0.794. The van der Waals surface area contributed by atoms with E-state index in [1.807, 2.05) is 13.8 Å². The summed E-state index contributed by atoms with van der Waals surface area (Å²) in [7, 11) is -3.00. The Morgan fingerprint density at radius 3 is 1.92 bits per heavy atom. The molecule has 0 N–H and O–H groups in total. The highest BCUT2D eigenvalue weighted by atomic mass is 32.2. The Hall–Kier alpha value is -0.830. The lowest BCUT2D eigenvalue weighted by Crippen LogP contribution is -2.02. The van der Waals surface area contributed by atoms with E-state index in [1.54, 1.807) is 37.3 Å². The summed E-state index contributed by atoms with van der Waals surface area (Å²) in [5.41, 5.74) is 0. The van der Waals surface area contributed by atoms with Gasteiger partial charge in [-0.05, 0) is 12.1 Å². The van der Waals surface area contributed by atoms with Crippen molar-refractivity contribution < 1.29 is 8.42 Å². The zero-order valence-corrected chi connectivity index (χ0v) is 9.14. The molecule has 13 heavy (non-hydrogen) atoms. The Kier molecular flexibility index (Phi) is 5.39. The quantitative estimate of drug-likeness (QED) is 0.735. The van der Waals surface area contributed by atoms with E-state index in [0.29, 0.717) is 4.90 Å². The second kappa shape index (κ2) is 5.75. The van der Waals surface area contributed by atoms with Gasteiger partial charge < -0.3 is 0 Å². The van der Waals surface area contributed by atoms with Crippen molar-refractivity contribution in [1.82, 2.24) is 0 Å². The Labute approximate surface area is 80.5 Å². The number of sulfone groups is 1. The second-order valence-corrected chi connectivity index (χ2v) is 4.49. The zero-order chi connectivity index (χ0) is 10.3. The second-order valence-electron chi connectivity index (χ2n) is 2.22. The van der Waals surface area contributed by atoms with Crippen LogP contribution >= 0.6 is 0 Å². The van der Waals surface area contributed by atoms with Gasteiger partial charge in [0.05, 0.1) is 10.6 Å². The molecule has 0 saturated carbocycles. The van der Waals surface area contributed by atoms with Gasteiger partial charge in [-0.25, -0.2) is 8.42 Å². The first-order valence-corrected chi connectivity index (χ1v) is 6.10. The molecule has 0 unspecified atom stereocenters. The molecule has 2 nitrogen and oxygen atoms in total. The Bertz CT molecular complexity index is 314. The third-order valence-corrected chi connectivity index (χ3v) is 3.23. The molecule has 74 valence electrons. The summed E-state index contributed by atoms with van der Waals surface area (Å²) < 4.78 is 22.4. The van der Waals surface area contributed by atoms with Gasteiger partial charge in [0.2, 0.25) is 0 Å². The third-order valence-electron chi connectivity index (χ3n) is 1.48.